The second-order valence-electron chi connectivity index (χ2n) is 6.49. The van der Waals surface area contributed by atoms with Gasteiger partial charge in [-0.1, -0.05) is 6.07 Å². The van der Waals surface area contributed by atoms with Crippen molar-refractivity contribution in [3.63, 3.8) is 0 Å². The SMILES string of the molecule is CCOC(=O)C1CCCCN1C(=O)CN1CCCC1c1cccs1. The molecule has 1 aromatic rings. The number of carbonyl (C=O) groups is 2. The number of carbonyl (C=O) groups excluding carboxylic acids is 2. The zero-order chi connectivity index (χ0) is 16.9. The molecule has 2 fully saturated rings. The lowest BCUT2D eigenvalue weighted by molar-refractivity contribution is -0.157. The van der Waals surface area contributed by atoms with Gasteiger partial charge in [0.15, 0.2) is 0 Å². The Morgan fingerprint density at radius 1 is 1.25 bits per heavy atom. The molecule has 5 nitrogen and oxygen atoms in total. The van der Waals surface area contributed by atoms with Crippen molar-refractivity contribution in [3.05, 3.63) is 22.4 Å². The molecule has 3 rings (SSSR count). The van der Waals surface area contributed by atoms with Gasteiger partial charge >= 0.3 is 5.97 Å². The second-order valence-corrected chi connectivity index (χ2v) is 7.47. The van der Waals surface area contributed by atoms with E-state index in [4.69, 9.17) is 4.74 Å². The number of esters is 1. The maximum atomic E-state index is 12.9. The van der Waals surface area contributed by atoms with Gasteiger partial charge in [0.05, 0.1) is 13.2 Å². The van der Waals surface area contributed by atoms with Gasteiger partial charge in [0.1, 0.15) is 6.04 Å². The molecule has 2 saturated heterocycles. The summed E-state index contributed by atoms with van der Waals surface area (Å²) in [5.41, 5.74) is 0. The Morgan fingerprint density at radius 2 is 2.12 bits per heavy atom. The highest BCUT2D eigenvalue weighted by molar-refractivity contribution is 7.10. The summed E-state index contributed by atoms with van der Waals surface area (Å²) in [6.07, 6.45) is 4.90. The van der Waals surface area contributed by atoms with Gasteiger partial charge in [-0.3, -0.25) is 9.69 Å². The zero-order valence-electron chi connectivity index (χ0n) is 14.3. The summed E-state index contributed by atoms with van der Waals surface area (Å²) < 4.78 is 5.17. The van der Waals surface area contributed by atoms with Crippen LogP contribution in [0.15, 0.2) is 17.5 Å². The van der Waals surface area contributed by atoms with Crippen molar-refractivity contribution in [2.24, 2.45) is 0 Å². The molecule has 3 heterocycles. The molecule has 2 aliphatic heterocycles. The molecule has 0 radical (unpaired) electrons. The third-order valence-electron chi connectivity index (χ3n) is 4.96. The third kappa shape index (κ3) is 3.81. The smallest absolute Gasteiger partial charge is 0.328 e. The minimum absolute atomic E-state index is 0.0659. The van der Waals surface area contributed by atoms with Crippen LogP contribution in [0.1, 0.15) is 49.9 Å². The van der Waals surface area contributed by atoms with Crippen LogP contribution >= 0.6 is 11.3 Å². The first-order valence-corrected chi connectivity index (χ1v) is 9.82. The van der Waals surface area contributed by atoms with Crippen molar-refractivity contribution in [2.45, 2.75) is 51.1 Å². The van der Waals surface area contributed by atoms with Gasteiger partial charge in [-0.05, 0) is 57.0 Å². The molecule has 0 aromatic carbocycles. The number of hydrogen-bond donors (Lipinski definition) is 0. The Balaban J connectivity index is 1.65. The van der Waals surface area contributed by atoms with Crippen LogP contribution in [0.4, 0.5) is 0 Å². The fourth-order valence-electron chi connectivity index (χ4n) is 3.80. The number of hydrogen-bond acceptors (Lipinski definition) is 5. The van der Waals surface area contributed by atoms with Crippen LogP contribution in [-0.2, 0) is 14.3 Å². The minimum atomic E-state index is -0.394. The van der Waals surface area contributed by atoms with E-state index in [0.29, 0.717) is 25.7 Å². The van der Waals surface area contributed by atoms with E-state index in [9.17, 15) is 9.59 Å². The number of nitrogens with zero attached hydrogens (tertiary/aromatic N) is 2. The van der Waals surface area contributed by atoms with Gasteiger partial charge in [-0.25, -0.2) is 4.79 Å². The lowest BCUT2D eigenvalue weighted by Gasteiger charge is -2.35. The van der Waals surface area contributed by atoms with Crippen molar-refractivity contribution in [3.8, 4) is 0 Å². The predicted octanol–water partition coefficient (Wildman–Crippen LogP) is 2.83. The Morgan fingerprint density at radius 3 is 2.88 bits per heavy atom. The van der Waals surface area contributed by atoms with Crippen LogP contribution in [0.25, 0.3) is 0 Å². The van der Waals surface area contributed by atoms with Crippen LogP contribution in [0.3, 0.4) is 0 Å². The number of amides is 1. The average Bonchev–Trinajstić information content (AvgIpc) is 3.26. The van der Waals surface area contributed by atoms with Crippen molar-refractivity contribution in [2.75, 3.05) is 26.2 Å². The summed E-state index contributed by atoms with van der Waals surface area (Å²) in [5, 5.41) is 2.09. The van der Waals surface area contributed by atoms with Crippen molar-refractivity contribution < 1.29 is 14.3 Å². The second kappa shape index (κ2) is 8.12. The van der Waals surface area contributed by atoms with Crippen LogP contribution in [-0.4, -0.2) is 54.0 Å². The molecule has 6 heteroatoms. The molecular formula is C18H26N2O3S. The first kappa shape index (κ1) is 17.4. The fourth-order valence-corrected chi connectivity index (χ4v) is 4.69. The van der Waals surface area contributed by atoms with E-state index in [0.717, 1.165) is 38.6 Å². The highest BCUT2D eigenvalue weighted by atomic mass is 32.1. The normalized spacial score (nSPS) is 25.0. The standard InChI is InChI=1S/C18H26N2O3S/c1-2-23-18(22)15-7-3-4-11-20(15)17(21)13-19-10-5-8-14(19)16-9-6-12-24-16/h6,9,12,14-15H,2-5,7-8,10-11,13H2,1H3. The molecule has 0 saturated carbocycles. The Kier molecular flexibility index (Phi) is 5.89. The topological polar surface area (TPSA) is 49.9 Å². The number of rotatable bonds is 5. The lowest BCUT2D eigenvalue weighted by atomic mass is 10.0. The zero-order valence-corrected chi connectivity index (χ0v) is 15.1. The summed E-state index contributed by atoms with van der Waals surface area (Å²) in [5.74, 6) is -0.182. The fraction of sp³-hybridized carbons (Fsp3) is 0.667. The Hall–Kier alpha value is -1.40. The quantitative estimate of drug-likeness (QED) is 0.766. The summed E-state index contributed by atoms with van der Waals surface area (Å²) in [7, 11) is 0. The van der Waals surface area contributed by atoms with Crippen molar-refractivity contribution in [1.29, 1.82) is 0 Å². The van der Waals surface area contributed by atoms with Gasteiger partial charge in [0.25, 0.3) is 0 Å². The number of thiophene rings is 1. The molecular weight excluding hydrogens is 324 g/mol. The van der Waals surface area contributed by atoms with Gasteiger partial charge in [-0.2, -0.15) is 0 Å². The van der Waals surface area contributed by atoms with E-state index in [1.807, 2.05) is 6.92 Å². The Labute approximate surface area is 147 Å². The van der Waals surface area contributed by atoms with E-state index >= 15 is 0 Å². The molecule has 1 aromatic heterocycles. The van der Waals surface area contributed by atoms with Gasteiger partial charge in [-0.15, -0.1) is 11.3 Å². The lowest BCUT2D eigenvalue weighted by Crippen LogP contribution is -2.51. The molecule has 0 spiro atoms. The average molecular weight is 350 g/mol. The van der Waals surface area contributed by atoms with Gasteiger partial charge in [0.2, 0.25) is 5.91 Å². The van der Waals surface area contributed by atoms with Gasteiger partial charge in [0, 0.05) is 17.5 Å². The molecule has 1 amide bonds. The number of likely N-dealkylation sites (tertiary alicyclic amines) is 2. The maximum absolute atomic E-state index is 12.9. The first-order valence-electron chi connectivity index (χ1n) is 8.94. The molecule has 0 bridgehead atoms. The Bertz CT molecular complexity index is 561. The number of ether oxygens (including phenoxy) is 1. The van der Waals surface area contributed by atoms with Crippen molar-refractivity contribution in [1.82, 2.24) is 9.80 Å². The molecule has 2 aliphatic rings. The highest BCUT2D eigenvalue weighted by Gasteiger charge is 2.35. The summed E-state index contributed by atoms with van der Waals surface area (Å²) in [4.78, 5) is 30.4. The molecule has 2 atom stereocenters. The van der Waals surface area contributed by atoms with Crippen LogP contribution < -0.4 is 0 Å². The highest BCUT2D eigenvalue weighted by Crippen LogP contribution is 2.34. The minimum Gasteiger partial charge on any atom is -0.464 e. The van der Waals surface area contributed by atoms with Gasteiger partial charge < -0.3 is 9.64 Å². The largest absolute Gasteiger partial charge is 0.464 e. The van der Waals surface area contributed by atoms with E-state index < -0.39 is 6.04 Å². The van der Waals surface area contributed by atoms with E-state index in [1.165, 1.54) is 4.88 Å². The summed E-state index contributed by atoms with van der Waals surface area (Å²) in [6.45, 7) is 4.19. The van der Waals surface area contributed by atoms with E-state index in [-0.39, 0.29) is 11.9 Å². The first-order chi connectivity index (χ1) is 11.7. The monoisotopic (exact) mass is 350 g/mol. The molecule has 132 valence electrons. The summed E-state index contributed by atoms with van der Waals surface area (Å²) >= 11 is 1.76. The predicted molar refractivity (Wildman–Crippen MR) is 93.9 cm³/mol. The molecule has 0 aliphatic carbocycles. The summed E-state index contributed by atoms with van der Waals surface area (Å²) in [6, 6.07) is 4.17. The molecule has 0 N–H and O–H groups in total. The maximum Gasteiger partial charge on any atom is 0.328 e. The van der Waals surface area contributed by atoms with Crippen LogP contribution in [0.2, 0.25) is 0 Å². The van der Waals surface area contributed by atoms with Crippen LogP contribution in [0, 0.1) is 0 Å². The van der Waals surface area contributed by atoms with Crippen LogP contribution in [0.5, 0.6) is 0 Å². The molecule has 2 unspecified atom stereocenters. The molecule has 24 heavy (non-hydrogen) atoms. The van der Waals surface area contributed by atoms with E-state index in [2.05, 4.69) is 22.4 Å². The third-order valence-corrected chi connectivity index (χ3v) is 5.93. The van der Waals surface area contributed by atoms with Crippen molar-refractivity contribution >= 4 is 23.2 Å². The number of piperidine rings is 1. The van der Waals surface area contributed by atoms with E-state index in [1.54, 1.807) is 16.2 Å².